The summed E-state index contributed by atoms with van der Waals surface area (Å²) in [5.41, 5.74) is 1.38. The van der Waals surface area contributed by atoms with Gasteiger partial charge in [-0.3, -0.25) is 14.9 Å². The van der Waals surface area contributed by atoms with Crippen molar-refractivity contribution in [2.75, 3.05) is 6.61 Å². The van der Waals surface area contributed by atoms with Gasteiger partial charge in [-0.15, -0.1) is 0 Å². The number of esters is 1. The molecule has 204 valence electrons. The molecule has 1 aliphatic heterocycles. The summed E-state index contributed by atoms with van der Waals surface area (Å²) in [4.78, 5) is 37.8. The van der Waals surface area contributed by atoms with E-state index in [1.807, 2.05) is 81.4 Å². The monoisotopic (exact) mass is 539 g/mol. The molecule has 0 aromatic heterocycles. The molecule has 0 aliphatic carbocycles. The van der Waals surface area contributed by atoms with Crippen LogP contribution in [0.3, 0.4) is 0 Å². The molecule has 0 radical (unpaired) electrons. The van der Waals surface area contributed by atoms with Crippen LogP contribution in [0.2, 0.25) is 0 Å². The van der Waals surface area contributed by atoms with Crippen LogP contribution in [0.4, 0.5) is 0 Å². The third-order valence-electron chi connectivity index (χ3n) is 6.23. The molecule has 3 atom stereocenters. The van der Waals surface area contributed by atoms with Gasteiger partial charge in [0.1, 0.15) is 11.1 Å². The molecular formula is C29H37N3O5S. The fourth-order valence-corrected chi connectivity index (χ4v) is 5.44. The molecule has 3 rings (SSSR count). The Hall–Kier alpha value is -3.17. The molecule has 2 N–H and O–H groups in total. The molecule has 0 saturated carbocycles. The number of nitrogens with zero attached hydrogens (tertiary/aromatic N) is 2. The first kappa shape index (κ1) is 29.4. The van der Waals surface area contributed by atoms with Crippen LogP contribution in [-0.4, -0.2) is 56.6 Å². The van der Waals surface area contributed by atoms with Crippen LogP contribution in [0.5, 0.6) is 0 Å². The van der Waals surface area contributed by atoms with Gasteiger partial charge in [0.2, 0.25) is 4.87 Å². The summed E-state index contributed by atoms with van der Waals surface area (Å²) >= 11 is 1.10. The molecule has 9 heteroatoms. The average molecular weight is 540 g/mol. The van der Waals surface area contributed by atoms with Gasteiger partial charge in [0.05, 0.1) is 12.6 Å². The molecule has 0 saturated heterocycles. The predicted octanol–water partition coefficient (Wildman–Crippen LogP) is 4.49. The largest absolute Gasteiger partial charge is 0.479 e. The lowest BCUT2D eigenvalue weighted by Gasteiger charge is -2.33. The van der Waals surface area contributed by atoms with E-state index in [0.29, 0.717) is 17.9 Å². The second kappa shape index (κ2) is 12.6. The third kappa shape index (κ3) is 7.02. The van der Waals surface area contributed by atoms with Crippen molar-refractivity contribution in [1.29, 1.82) is 0 Å². The number of nitrogens with one attached hydrogen (secondary N) is 1. The van der Waals surface area contributed by atoms with Crippen LogP contribution in [0.1, 0.15) is 52.2 Å². The smallest absolute Gasteiger partial charge is 0.343 e. The fraction of sp³-hybridized carbons (Fsp3) is 0.448. The summed E-state index contributed by atoms with van der Waals surface area (Å²) < 4.78 is 5.27. The average Bonchev–Trinajstić information content (AvgIpc) is 3.28. The number of carbonyl (C=O) groups excluding carboxylic acids is 2. The van der Waals surface area contributed by atoms with Crippen molar-refractivity contribution >= 4 is 34.7 Å². The predicted molar refractivity (Wildman–Crippen MR) is 150 cm³/mol. The Morgan fingerprint density at radius 1 is 1.05 bits per heavy atom. The van der Waals surface area contributed by atoms with Gasteiger partial charge < -0.3 is 9.84 Å². The summed E-state index contributed by atoms with van der Waals surface area (Å²) in [6.07, 6.45) is 1.10. The fourth-order valence-electron chi connectivity index (χ4n) is 4.14. The van der Waals surface area contributed by atoms with E-state index in [9.17, 15) is 19.5 Å². The maximum Gasteiger partial charge on any atom is 0.343 e. The zero-order chi connectivity index (χ0) is 27.9. The first-order valence-corrected chi connectivity index (χ1v) is 13.7. The van der Waals surface area contributed by atoms with Crippen LogP contribution >= 0.6 is 11.8 Å². The van der Waals surface area contributed by atoms with E-state index in [0.717, 1.165) is 27.9 Å². The number of hydrazone groups is 1. The number of carboxylic acids is 1. The highest BCUT2D eigenvalue weighted by atomic mass is 32.2. The number of aryl methyl sites for hydroxylation is 1. The van der Waals surface area contributed by atoms with Crippen LogP contribution in [-0.2, 0) is 32.0 Å². The molecule has 0 bridgehead atoms. The molecule has 1 heterocycles. The molecule has 0 unspecified atom stereocenters. The zero-order valence-electron chi connectivity index (χ0n) is 22.6. The molecule has 2 aromatic carbocycles. The number of amides is 1. The second-order valence-electron chi connectivity index (χ2n) is 10.4. The number of aliphatic carboxylic acids is 1. The van der Waals surface area contributed by atoms with Crippen molar-refractivity contribution in [3.63, 3.8) is 0 Å². The van der Waals surface area contributed by atoms with Crippen molar-refractivity contribution in [3.8, 4) is 0 Å². The van der Waals surface area contributed by atoms with Gasteiger partial charge in [0, 0.05) is 11.8 Å². The van der Waals surface area contributed by atoms with Crippen LogP contribution < -0.4 is 5.32 Å². The van der Waals surface area contributed by atoms with E-state index < -0.39 is 40.2 Å². The summed E-state index contributed by atoms with van der Waals surface area (Å²) in [6.45, 7) is 9.38. The second-order valence-corrected chi connectivity index (χ2v) is 11.6. The van der Waals surface area contributed by atoms with Gasteiger partial charge in [-0.25, -0.2) is 9.80 Å². The quantitative estimate of drug-likeness (QED) is 0.405. The number of hydrogen-bond acceptors (Lipinski definition) is 7. The first-order chi connectivity index (χ1) is 18.0. The lowest BCUT2D eigenvalue weighted by atomic mass is 9.99. The molecule has 0 spiro atoms. The SMILES string of the molecule is CCOC(=O)[C@H](CCc1ccccc1)N[C@@H](C)C(=O)N1N=C(C(C)(C)C)S[C@@]1(Cc1ccccc1)C(=O)O. The normalized spacial score (nSPS) is 19.0. The van der Waals surface area contributed by atoms with E-state index in [1.165, 1.54) is 0 Å². The zero-order valence-corrected chi connectivity index (χ0v) is 23.5. The number of hydrogen-bond donors (Lipinski definition) is 2. The number of rotatable bonds is 11. The van der Waals surface area contributed by atoms with Crippen LogP contribution in [0, 0.1) is 5.41 Å². The van der Waals surface area contributed by atoms with Crippen LogP contribution in [0.15, 0.2) is 65.8 Å². The molecule has 38 heavy (non-hydrogen) atoms. The van der Waals surface area contributed by atoms with Crippen molar-refractivity contribution in [1.82, 2.24) is 10.3 Å². The Labute approximate surface area is 228 Å². The number of ether oxygens (including phenoxy) is 1. The number of carboxylic acid groups (broad SMARTS) is 1. The van der Waals surface area contributed by atoms with Crippen molar-refractivity contribution < 1.29 is 24.2 Å². The summed E-state index contributed by atoms with van der Waals surface area (Å²) in [5, 5.41) is 19.8. The lowest BCUT2D eigenvalue weighted by Crippen LogP contribution is -2.57. The first-order valence-electron chi connectivity index (χ1n) is 12.8. The minimum absolute atomic E-state index is 0.0741. The Morgan fingerprint density at radius 2 is 1.63 bits per heavy atom. The van der Waals surface area contributed by atoms with E-state index in [1.54, 1.807) is 13.8 Å². The Balaban J connectivity index is 1.88. The van der Waals surface area contributed by atoms with E-state index in [-0.39, 0.29) is 13.0 Å². The topological polar surface area (TPSA) is 108 Å². The van der Waals surface area contributed by atoms with Gasteiger partial charge in [-0.2, -0.15) is 5.10 Å². The van der Waals surface area contributed by atoms with Crippen LogP contribution in [0.25, 0.3) is 0 Å². The number of benzene rings is 2. The lowest BCUT2D eigenvalue weighted by molar-refractivity contribution is -0.154. The van der Waals surface area contributed by atoms with Gasteiger partial charge in [0.25, 0.3) is 5.91 Å². The maximum atomic E-state index is 13.8. The molecule has 2 aromatic rings. The van der Waals surface area contributed by atoms with Gasteiger partial charge in [-0.1, -0.05) is 93.2 Å². The molecule has 8 nitrogen and oxygen atoms in total. The maximum absolute atomic E-state index is 13.8. The van der Waals surface area contributed by atoms with Gasteiger partial charge >= 0.3 is 11.9 Å². The van der Waals surface area contributed by atoms with Crippen molar-refractivity contribution in [2.45, 2.75) is 70.8 Å². The van der Waals surface area contributed by atoms with Gasteiger partial charge in [-0.05, 0) is 37.8 Å². The Kier molecular flexibility index (Phi) is 9.73. The van der Waals surface area contributed by atoms with Crippen molar-refractivity contribution in [2.24, 2.45) is 10.5 Å². The molecule has 1 aliphatic rings. The Morgan fingerprint density at radius 3 is 2.16 bits per heavy atom. The highest BCUT2D eigenvalue weighted by Crippen LogP contribution is 2.45. The van der Waals surface area contributed by atoms with E-state index in [4.69, 9.17) is 4.74 Å². The minimum Gasteiger partial charge on any atom is -0.479 e. The van der Waals surface area contributed by atoms with E-state index >= 15 is 0 Å². The third-order valence-corrected chi connectivity index (χ3v) is 7.94. The number of carbonyl (C=O) groups is 3. The standard InChI is InChI=1S/C29H37N3O5S/c1-6-37-25(34)23(18-17-21-13-9-7-10-14-21)30-20(2)24(33)32-29(27(35)36,19-22-15-11-8-12-16-22)38-26(31-32)28(3,4)5/h7-16,20,23,30H,6,17-19H2,1-5H3,(H,35,36)/t20-,23-,29-/m0/s1. The molecular weight excluding hydrogens is 502 g/mol. The molecule has 1 amide bonds. The number of thioether (sulfide) groups is 1. The van der Waals surface area contributed by atoms with Gasteiger partial charge in [0.15, 0.2) is 0 Å². The van der Waals surface area contributed by atoms with Crippen molar-refractivity contribution in [3.05, 3.63) is 71.8 Å². The van der Waals surface area contributed by atoms with E-state index in [2.05, 4.69) is 10.4 Å². The highest BCUT2D eigenvalue weighted by molar-refractivity contribution is 8.16. The summed E-state index contributed by atoms with van der Waals surface area (Å²) in [5.74, 6) is -2.13. The summed E-state index contributed by atoms with van der Waals surface area (Å²) in [7, 11) is 0. The Bertz CT molecular complexity index is 1150. The minimum atomic E-state index is -1.65. The molecule has 0 fully saturated rings. The highest BCUT2D eigenvalue weighted by Gasteiger charge is 2.55. The summed E-state index contributed by atoms with van der Waals surface area (Å²) in [6, 6.07) is 17.3.